The van der Waals surface area contributed by atoms with Crippen LogP contribution in [0.4, 0.5) is 19.0 Å². The summed E-state index contributed by atoms with van der Waals surface area (Å²) in [6.07, 6.45) is -5.12. The van der Waals surface area contributed by atoms with Crippen molar-refractivity contribution in [1.29, 1.82) is 0 Å². The molecule has 4 heterocycles. The van der Waals surface area contributed by atoms with Gasteiger partial charge in [-0.05, 0) is 24.3 Å². The predicted molar refractivity (Wildman–Crippen MR) is 110 cm³/mol. The fraction of sp³-hybridized carbons (Fsp3) is 0.286. The van der Waals surface area contributed by atoms with Crippen molar-refractivity contribution in [3.05, 3.63) is 54.6 Å². The summed E-state index contributed by atoms with van der Waals surface area (Å²) in [5, 5.41) is 21.9. The number of benzene rings is 1. The highest BCUT2D eigenvalue weighted by Crippen LogP contribution is 2.34. The highest BCUT2D eigenvalue weighted by molar-refractivity contribution is 5.86. The van der Waals surface area contributed by atoms with E-state index >= 15 is 0 Å². The lowest BCUT2D eigenvalue weighted by Gasteiger charge is -2.17. The highest BCUT2D eigenvalue weighted by atomic mass is 19.4. The first-order chi connectivity index (χ1) is 15.7. The van der Waals surface area contributed by atoms with Crippen LogP contribution in [0, 0.1) is 0 Å². The second-order valence-corrected chi connectivity index (χ2v) is 7.65. The molecule has 4 atom stereocenters. The number of nitrogen functional groups attached to an aromatic ring is 1. The molecule has 0 saturated carbocycles. The van der Waals surface area contributed by atoms with Crippen LogP contribution in [0.15, 0.2) is 49.1 Å². The third-order valence-electron chi connectivity index (χ3n) is 5.55. The Labute approximate surface area is 184 Å². The van der Waals surface area contributed by atoms with Crippen molar-refractivity contribution in [2.45, 2.75) is 30.7 Å². The molecular formula is C21H18F3N5O4. The maximum atomic E-state index is 12.9. The van der Waals surface area contributed by atoms with Gasteiger partial charge in [0.05, 0.1) is 16.5 Å². The average molecular weight is 461 g/mol. The molecule has 0 bridgehead atoms. The second kappa shape index (κ2) is 7.83. The minimum atomic E-state index is -4.48. The Balaban J connectivity index is 1.31. The van der Waals surface area contributed by atoms with Gasteiger partial charge >= 0.3 is 6.18 Å². The Bertz CT molecular complexity index is 1330. The van der Waals surface area contributed by atoms with Crippen molar-refractivity contribution in [3.63, 3.8) is 0 Å². The number of nitrogens with zero attached hydrogens (tertiary/aromatic N) is 4. The lowest BCUT2D eigenvalue weighted by molar-refractivity contribution is -0.137. The van der Waals surface area contributed by atoms with E-state index < -0.39 is 36.3 Å². The monoisotopic (exact) mass is 461 g/mol. The van der Waals surface area contributed by atoms with Gasteiger partial charge in [0.25, 0.3) is 0 Å². The number of aromatic nitrogens is 4. The molecule has 5 rings (SSSR count). The number of fused-ring (bicyclic) bond motifs is 2. The smallest absolute Gasteiger partial charge is 0.417 e. The zero-order valence-corrected chi connectivity index (χ0v) is 16.8. The quantitative estimate of drug-likeness (QED) is 0.422. The van der Waals surface area contributed by atoms with Gasteiger partial charge < -0.3 is 30.0 Å². The Morgan fingerprint density at radius 2 is 1.91 bits per heavy atom. The van der Waals surface area contributed by atoms with Crippen molar-refractivity contribution in [1.82, 2.24) is 19.5 Å². The first-order valence-electron chi connectivity index (χ1n) is 9.91. The zero-order valence-electron chi connectivity index (χ0n) is 16.8. The van der Waals surface area contributed by atoms with Crippen molar-refractivity contribution in [2.24, 2.45) is 0 Å². The van der Waals surface area contributed by atoms with Crippen molar-refractivity contribution in [3.8, 4) is 5.75 Å². The van der Waals surface area contributed by atoms with E-state index in [1.807, 2.05) is 0 Å². The molecule has 172 valence electrons. The van der Waals surface area contributed by atoms with Crippen LogP contribution < -0.4 is 10.5 Å². The summed E-state index contributed by atoms with van der Waals surface area (Å²) in [6.45, 7) is -0.114. The van der Waals surface area contributed by atoms with Crippen LogP contribution in [-0.4, -0.2) is 54.7 Å². The van der Waals surface area contributed by atoms with Gasteiger partial charge in [-0.1, -0.05) is 0 Å². The standard InChI is InChI=1S/C21H18F3N5O4/c22-21(23,24)11-5-10-1-2-12(6-14(10)26-7-11)32-8-15-16(30)17(31)20(33-15)29-4-3-13-18(25)27-9-28-19(13)29/h1-7,9,15-17,20,30-31H,8H2,(H2,25,27,28)/t15-,16-,17-,20-/m1/s1. The molecule has 1 aliphatic heterocycles. The Morgan fingerprint density at radius 3 is 2.70 bits per heavy atom. The van der Waals surface area contributed by atoms with Crippen LogP contribution in [0.5, 0.6) is 5.75 Å². The van der Waals surface area contributed by atoms with Crippen molar-refractivity contribution < 1.29 is 32.9 Å². The number of hydrogen-bond acceptors (Lipinski definition) is 8. The number of aliphatic hydroxyl groups is 2. The average Bonchev–Trinajstić information content (AvgIpc) is 3.33. The molecular weight excluding hydrogens is 443 g/mol. The maximum Gasteiger partial charge on any atom is 0.417 e. The van der Waals surface area contributed by atoms with Gasteiger partial charge in [0, 0.05) is 23.8 Å². The number of ether oxygens (including phenoxy) is 2. The SMILES string of the molecule is Nc1ncnc2c1ccn2[C@@H]1O[C@H](COc2ccc3cc(C(F)(F)F)cnc3c2)[C@@H](O)[C@H]1O. The summed E-state index contributed by atoms with van der Waals surface area (Å²) in [7, 11) is 0. The number of pyridine rings is 1. The Kier molecular flexibility index (Phi) is 5.07. The first-order valence-corrected chi connectivity index (χ1v) is 9.91. The molecule has 12 heteroatoms. The molecule has 0 spiro atoms. The van der Waals surface area contributed by atoms with E-state index in [4.69, 9.17) is 15.2 Å². The molecule has 4 N–H and O–H groups in total. The van der Waals surface area contributed by atoms with E-state index in [9.17, 15) is 23.4 Å². The fourth-order valence-corrected chi connectivity index (χ4v) is 3.82. The molecule has 0 amide bonds. The first kappa shape index (κ1) is 21.4. The second-order valence-electron chi connectivity index (χ2n) is 7.65. The molecule has 1 aromatic carbocycles. The van der Waals surface area contributed by atoms with Gasteiger partial charge in [-0.25, -0.2) is 9.97 Å². The largest absolute Gasteiger partial charge is 0.491 e. The molecule has 0 radical (unpaired) electrons. The Hall–Kier alpha value is -3.48. The molecule has 1 fully saturated rings. The van der Waals surface area contributed by atoms with Crippen molar-refractivity contribution >= 4 is 27.8 Å². The molecule has 0 unspecified atom stereocenters. The normalized spacial score (nSPS) is 23.4. The van der Waals surface area contributed by atoms with Gasteiger partial charge in [-0.3, -0.25) is 4.98 Å². The van der Waals surface area contributed by atoms with Gasteiger partial charge in [-0.2, -0.15) is 13.2 Å². The highest BCUT2D eigenvalue weighted by Gasteiger charge is 2.44. The lowest BCUT2D eigenvalue weighted by Crippen LogP contribution is -2.34. The Morgan fingerprint density at radius 1 is 1.09 bits per heavy atom. The molecule has 3 aromatic heterocycles. The number of hydrogen-bond donors (Lipinski definition) is 3. The summed E-state index contributed by atoms with van der Waals surface area (Å²) in [5.41, 5.74) is 5.77. The van der Waals surface area contributed by atoms with Crippen LogP contribution in [-0.2, 0) is 10.9 Å². The minimum Gasteiger partial charge on any atom is -0.491 e. The fourth-order valence-electron chi connectivity index (χ4n) is 3.82. The van der Waals surface area contributed by atoms with Crippen LogP contribution in [0.3, 0.4) is 0 Å². The summed E-state index contributed by atoms with van der Waals surface area (Å²) in [4.78, 5) is 11.9. The summed E-state index contributed by atoms with van der Waals surface area (Å²) >= 11 is 0. The van der Waals surface area contributed by atoms with Crippen LogP contribution in [0.1, 0.15) is 11.8 Å². The van der Waals surface area contributed by atoms with Gasteiger partial charge in [0.15, 0.2) is 6.23 Å². The summed E-state index contributed by atoms with van der Waals surface area (Å²) in [5.74, 6) is 0.606. The molecule has 1 saturated heterocycles. The summed E-state index contributed by atoms with van der Waals surface area (Å²) < 4.78 is 51.6. The topological polar surface area (TPSA) is 129 Å². The van der Waals surface area contributed by atoms with Crippen LogP contribution in [0.2, 0.25) is 0 Å². The number of halogens is 3. The maximum absolute atomic E-state index is 12.9. The molecule has 4 aromatic rings. The van der Waals surface area contributed by atoms with Gasteiger partial charge in [0.2, 0.25) is 0 Å². The van der Waals surface area contributed by atoms with E-state index in [2.05, 4.69) is 15.0 Å². The van der Waals surface area contributed by atoms with E-state index in [-0.39, 0.29) is 12.4 Å². The molecule has 33 heavy (non-hydrogen) atoms. The van der Waals surface area contributed by atoms with Gasteiger partial charge in [-0.15, -0.1) is 0 Å². The number of aliphatic hydroxyl groups excluding tert-OH is 2. The third kappa shape index (κ3) is 3.81. The van der Waals surface area contributed by atoms with E-state index in [0.29, 0.717) is 27.7 Å². The van der Waals surface area contributed by atoms with E-state index in [1.54, 1.807) is 16.8 Å². The molecule has 0 aliphatic carbocycles. The summed E-state index contributed by atoms with van der Waals surface area (Å²) in [6, 6.07) is 7.15. The van der Waals surface area contributed by atoms with Crippen molar-refractivity contribution in [2.75, 3.05) is 12.3 Å². The van der Waals surface area contributed by atoms with E-state index in [0.717, 1.165) is 12.3 Å². The minimum absolute atomic E-state index is 0.114. The van der Waals surface area contributed by atoms with Gasteiger partial charge in [0.1, 0.15) is 48.5 Å². The number of anilines is 1. The molecule has 9 nitrogen and oxygen atoms in total. The zero-order chi connectivity index (χ0) is 23.3. The van der Waals surface area contributed by atoms with E-state index in [1.165, 1.54) is 24.5 Å². The van der Waals surface area contributed by atoms with Crippen LogP contribution >= 0.6 is 0 Å². The number of rotatable bonds is 4. The third-order valence-corrected chi connectivity index (χ3v) is 5.55. The number of alkyl halides is 3. The molecule has 1 aliphatic rings. The number of nitrogens with two attached hydrogens (primary N) is 1. The predicted octanol–water partition coefficient (Wildman–Crippen LogP) is 2.28. The lowest BCUT2D eigenvalue weighted by atomic mass is 10.1. The van der Waals surface area contributed by atoms with Crippen LogP contribution in [0.25, 0.3) is 21.9 Å².